The fraction of sp³-hybridized carbons (Fsp3) is 0.364. The zero-order chi connectivity index (χ0) is 20.6. The van der Waals surface area contributed by atoms with Crippen LogP contribution in [0.25, 0.3) is 0 Å². The molecule has 0 bridgehead atoms. The van der Waals surface area contributed by atoms with E-state index in [1.165, 1.54) is 7.11 Å². The highest BCUT2D eigenvalue weighted by Gasteiger charge is 2.45. The molecule has 7 heteroatoms. The topological polar surface area (TPSA) is 65.1 Å². The quantitative estimate of drug-likeness (QED) is 0.690. The van der Waals surface area contributed by atoms with Crippen molar-refractivity contribution in [2.45, 2.75) is 24.9 Å². The molecule has 152 valence electrons. The molecule has 0 radical (unpaired) electrons. The average molecular weight is 460 g/mol. The first kappa shape index (κ1) is 19.8. The SMILES string of the molecule is COc1cc(OC)c2c(c1)OC1(CCN(C(=O)c3cccc(Br)c3)CC1)CC2=O. The maximum atomic E-state index is 12.9. The van der Waals surface area contributed by atoms with Crippen LogP contribution < -0.4 is 14.2 Å². The minimum atomic E-state index is -0.602. The predicted octanol–water partition coefficient (Wildman–Crippen LogP) is 4.11. The summed E-state index contributed by atoms with van der Waals surface area (Å²) in [5.74, 6) is 1.52. The van der Waals surface area contributed by atoms with Crippen LogP contribution in [0.5, 0.6) is 17.2 Å². The molecule has 29 heavy (non-hydrogen) atoms. The van der Waals surface area contributed by atoms with Crippen molar-refractivity contribution in [2.75, 3.05) is 27.3 Å². The fourth-order valence-corrected chi connectivity index (χ4v) is 4.45. The van der Waals surface area contributed by atoms with E-state index in [2.05, 4.69) is 15.9 Å². The smallest absolute Gasteiger partial charge is 0.253 e. The van der Waals surface area contributed by atoms with Gasteiger partial charge in [-0.3, -0.25) is 9.59 Å². The van der Waals surface area contributed by atoms with Crippen molar-refractivity contribution in [2.24, 2.45) is 0 Å². The Morgan fingerprint density at radius 2 is 1.90 bits per heavy atom. The van der Waals surface area contributed by atoms with Gasteiger partial charge in [0.15, 0.2) is 5.78 Å². The lowest BCUT2D eigenvalue weighted by atomic mass is 9.82. The number of Topliss-reactive ketones (excluding diaryl/α,β-unsaturated/α-hetero) is 1. The highest BCUT2D eigenvalue weighted by atomic mass is 79.9. The summed E-state index contributed by atoms with van der Waals surface area (Å²) in [4.78, 5) is 27.6. The Morgan fingerprint density at radius 3 is 2.55 bits per heavy atom. The molecule has 2 heterocycles. The standard InChI is InChI=1S/C22H22BrNO5/c1-27-16-11-18(28-2)20-17(25)13-22(29-19(20)12-16)6-8-24(9-7-22)21(26)14-4-3-5-15(23)10-14/h3-5,10-12H,6-9,13H2,1-2H3. The van der Waals surface area contributed by atoms with E-state index in [9.17, 15) is 9.59 Å². The first-order chi connectivity index (χ1) is 13.9. The number of piperidine rings is 1. The van der Waals surface area contributed by atoms with Crippen LogP contribution in [0, 0.1) is 0 Å². The third-order valence-corrected chi connectivity index (χ3v) is 6.11. The third kappa shape index (κ3) is 3.71. The second-order valence-electron chi connectivity index (χ2n) is 7.39. The summed E-state index contributed by atoms with van der Waals surface area (Å²) in [7, 11) is 3.09. The van der Waals surface area contributed by atoms with Crippen molar-refractivity contribution in [3.8, 4) is 17.2 Å². The van der Waals surface area contributed by atoms with E-state index in [0.29, 0.717) is 54.3 Å². The van der Waals surface area contributed by atoms with Crippen LogP contribution in [0.3, 0.4) is 0 Å². The van der Waals surface area contributed by atoms with Gasteiger partial charge in [-0.05, 0) is 18.2 Å². The molecule has 2 aliphatic rings. The number of hydrogen-bond donors (Lipinski definition) is 0. The van der Waals surface area contributed by atoms with Crippen LogP contribution in [-0.4, -0.2) is 49.5 Å². The highest BCUT2D eigenvalue weighted by molar-refractivity contribution is 9.10. The molecule has 0 aromatic heterocycles. The molecule has 0 atom stereocenters. The minimum Gasteiger partial charge on any atom is -0.496 e. The molecule has 0 aliphatic carbocycles. The molecular formula is C22H22BrNO5. The van der Waals surface area contributed by atoms with Crippen LogP contribution in [0.2, 0.25) is 0 Å². The zero-order valence-electron chi connectivity index (χ0n) is 16.4. The van der Waals surface area contributed by atoms with Crippen molar-refractivity contribution in [1.82, 2.24) is 4.90 Å². The van der Waals surface area contributed by atoms with E-state index >= 15 is 0 Å². The Balaban J connectivity index is 1.53. The van der Waals surface area contributed by atoms with Gasteiger partial charge in [-0.2, -0.15) is 0 Å². The Labute approximate surface area is 177 Å². The van der Waals surface area contributed by atoms with E-state index in [0.717, 1.165) is 4.47 Å². The normalized spacial score (nSPS) is 17.5. The second kappa shape index (κ2) is 7.71. The van der Waals surface area contributed by atoms with Gasteiger partial charge in [-0.1, -0.05) is 22.0 Å². The number of rotatable bonds is 3. The summed E-state index contributed by atoms with van der Waals surface area (Å²) in [5, 5.41) is 0. The summed E-state index contributed by atoms with van der Waals surface area (Å²) in [6, 6.07) is 10.8. The molecule has 1 spiro atoms. The summed E-state index contributed by atoms with van der Waals surface area (Å²) in [6.45, 7) is 1.07. The average Bonchev–Trinajstić information content (AvgIpc) is 2.72. The monoisotopic (exact) mass is 459 g/mol. The number of fused-ring (bicyclic) bond motifs is 1. The van der Waals surface area contributed by atoms with Gasteiger partial charge >= 0.3 is 0 Å². The molecule has 2 aromatic rings. The van der Waals surface area contributed by atoms with E-state index in [1.807, 2.05) is 29.2 Å². The predicted molar refractivity (Wildman–Crippen MR) is 111 cm³/mol. The van der Waals surface area contributed by atoms with Crippen LogP contribution in [0.15, 0.2) is 40.9 Å². The summed E-state index contributed by atoms with van der Waals surface area (Å²) >= 11 is 3.41. The van der Waals surface area contributed by atoms with Crippen LogP contribution in [0.1, 0.15) is 40.0 Å². The molecule has 1 fully saturated rings. The van der Waals surface area contributed by atoms with Crippen molar-refractivity contribution < 1.29 is 23.8 Å². The summed E-state index contributed by atoms with van der Waals surface area (Å²) in [5.41, 5.74) is 0.512. The first-order valence-electron chi connectivity index (χ1n) is 9.48. The van der Waals surface area contributed by atoms with Crippen molar-refractivity contribution in [3.63, 3.8) is 0 Å². The maximum Gasteiger partial charge on any atom is 0.253 e. The van der Waals surface area contributed by atoms with Crippen molar-refractivity contribution >= 4 is 27.6 Å². The highest BCUT2D eigenvalue weighted by Crippen LogP contribution is 2.44. The third-order valence-electron chi connectivity index (χ3n) is 5.62. The molecule has 2 aromatic carbocycles. The molecule has 0 saturated carbocycles. The maximum absolute atomic E-state index is 12.9. The molecule has 2 aliphatic heterocycles. The summed E-state index contributed by atoms with van der Waals surface area (Å²) < 4.78 is 17.9. The number of halogens is 1. The van der Waals surface area contributed by atoms with E-state index in [4.69, 9.17) is 14.2 Å². The van der Waals surface area contributed by atoms with Gasteiger partial charge < -0.3 is 19.1 Å². The van der Waals surface area contributed by atoms with Crippen molar-refractivity contribution in [1.29, 1.82) is 0 Å². The number of carbonyl (C=O) groups is 2. The number of carbonyl (C=O) groups excluding carboxylic acids is 2. The Morgan fingerprint density at radius 1 is 1.14 bits per heavy atom. The van der Waals surface area contributed by atoms with Gasteiger partial charge in [0.25, 0.3) is 5.91 Å². The number of benzene rings is 2. The number of methoxy groups -OCH3 is 2. The van der Waals surface area contributed by atoms with Gasteiger partial charge in [-0.25, -0.2) is 0 Å². The largest absolute Gasteiger partial charge is 0.496 e. The minimum absolute atomic E-state index is 0.00230. The van der Waals surface area contributed by atoms with Crippen LogP contribution >= 0.6 is 15.9 Å². The van der Waals surface area contributed by atoms with Gasteiger partial charge in [0.2, 0.25) is 0 Å². The fourth-order valence-electron chi connectivity index (χ4n) is 4.05. The number of nitrogens with zero attached hydrogens (tertiary/aromatic N) is 1. The number of ether oxygens (including phenoxy) is 3. The van der Waals surface area contributed by atoms with Gasteiger partial charge in [0.1, 0.15) is 28.4 Å². The van der Waals surface area contributed by atoms with E-state index in [-0.39, 0.29) is 18.1 Å². The van der Waals surface area contributed by atoms with Gasteiger partial charge in [0.05, 0.1) is 20.6 Å². The molecule has 4 rings (SSSR count). The Hall–Kier alpha value is -2.54. The van der Waals surface area contributed by atoms with Gasteiger partial charge in [0, 0.05) is 48.1 Å². The van der Waals surface area contributed by atoms with Crippen LogP contribution in [0.4, 0.5) is 0 Å². The van der Waals surface area contributed by atoms with Crippen LogP contribution in [-0.2, 0) is 0 Å². The first-order valence-corrected chi connectivity index (χ1v) is 10.3. The van der Waals surface area contributed by atoms with Gasteiger partial charge in [-0.15, -0.1) is 0 Å². The number of amides is 1. The van der Waals surface area contributed by atoms with Crippen molar-refractivity contribution in [3.05, 3.63) is 52.0 Å². The summed E-state index contributed by atoms with van der Waals surface area (Å²) in [6.07, 6.45) is 1.47. The Kier molecular flexibility index (Phi) is 5.25. The Bertz CT molecular complexity index is 966. The zero-order valence-corrected chi connectivity index (χ0v) is 18.0. The molecule has 0 N–H and O–H groups in total. The molecular weight excluding hydrogens is 438 g/mol. The molecule has 6 nitrogen and oxygen atoms in total. The van der Waals surface area contributed by atoms with E-state index in [1.54, 1.807) is 19.2 Å². The van der Waals surface area contributed by atoms with E-state index < -0.39 is 5.60 Å². The number of likely N-dealkylation sites (tertiary alicyclic amines) is 1. The second-order valence-corrected chi connectivity index (χ2v) is 8.31. The molecule has 1 amide bonds. The lowest BCUT2D eigenvalue weighted by Gasteiger charge is -2.44. The molecule has 0 unspecified atom stereocenters. The number of ketones is 1. The molecule has 1 saturated heterocycles. The number of hydrogen-bond acceptors (Lipinski definition) is 5. The lowest BCUT2D eigenvalue weighted by molar-refractivity contribution is -0.00610. The lowest BCUT2D eigenvalue weighted by Crippen LogP contribution is -2.52.